The number of nitrogens with two attached hydrogens (primary N) is 1. The van der Waals surface area contributed by atoms with Crippen molar-refractivity contribution in [3.63, 3.8) is 0 Å². The number of thioether (sulfide) groups is 1. The number of amidine groups is 1. The second kappa shape index (κ2) is 6.72. The van der Waals surface area contributed by atoms with Crippen LogP contribution >= 0.6 is 23.4 Å². The van der Waals surface area contributed by atoms with E-state index < -0.39 is 11.7 Å². The minimum Gasteiger partial charge on any atom is -0.444 e. The second-order valence-corrected chi connectivity index (χ2v) is 9.09. The topological polar surface area (TPSA) is 76.7 Å². The van der Waals surface area contributed by atoms with Crippen molar-refractivity contribution in [2.45, 2.75) is 51.2 Å². The van der Waals surface area contributed by atoms with Gasteiger partial charge in [0.15, 0.2) is 5.17 Å². The van der Waals surface area contributed by atoms with E-state index in [1.807, 2.05) is 32.9 Å². The van der Waals surface area contributed by atoms with Gasteiger partial charge in [0.2, 0.25) is 0 Å². The summed E-state index contributed by atoms with van der Waals surface area (Å²) in [5.74, 6) is 1.32. The molecule has 2 unspecified atom stereocenters. The Bertz CT molecular complexity index is 697. The summed E-state index contributed by atoms with van der Waals surface area (Å²) in [6.45, 7) is 5.52. The Morgan fingerprint density at radius 3 is 2.88 bits per heavy atom. The second-order valence-electron chi connectivity index (χ2n) is 7.64. The first-order valence-corrected chi connectivity index (χ1v) is 9.83. The van der Waals surface area contributed by atoms with Crippen LogP contribution in [0.4, 0.5) is 10.5 Å². The molecule has 1 aliphatic carbocycles. The molecule has 1 amide bonds. The van der Waals surface area contributed by atoms with Gasteiger partial charge in [0.25, 0.3) is 0 Å². The molecule has 1 heterocycles. The molecule has 1 aliphatic heterocycles. The molecule has 3 N–H and O–H groups in total. The number of carbonyl (C=O) groups is 1. The van der Waals surface area contributed by atoms with Crippen LogP contribution in [0.25, 0.3) is 0 Å². The molecule has 0 radical (unpaired) electrons. The summed E-state index contributed by atoms with van der Waals surface area (Å²) in [4.78, 5) is 17.1. The summed E-state index contributed by atoms with van der Waals surface area (Å²) in [7, 11) is 0. The highest BCUT2D eigenvalue weighted by Gasteiger charge is 2.47. The van der Waals surface area contributed by atoms with Crippen LogP contribution in [0.2, 0.25) is 5.02 Å². The highest BCUT2D eigenvalue weighted by Crippen LogP contribution is 2.51. The molecule has 5 nitrogen and oxygen atoms in total. The smallest absolute Gasteiger partial charge is 0.413 e. The van der Waals surface area contributed by atoms with Gasteiger partial charge in [-0.3, -0.25) is 10.3 Å². The van der Waals surface area contributed by atoms with Gasteiger partial charge in [-0.2, -0.15) is 0 Å². The zero-order chi connectivity index (χ0) is 18.2. The Labute approximate surface area is 157 Å². The van der Waals surface area contributed by atoms with Crippen molar-refractivity contribution in [2.75, 3.05) is 11.5 Å². The van der Waals surface area contributed by atoms with Crippen molar-refractivity contribution in [1.82, 2.24) is 5.32 Å². The first-order valence-electron chi connectivity index (χ1n) is 8.47. The van der Waals surface area contributed by atoms with E-state index in [1.165, 1.54) is 0 Å². The van der Waals surface area contributed by atoms with Crippen molar-refractivity contribution in [2.24, 2.45) is 10.9 Å². The minimum absolute atomic E-state index is 0.366. The number of halogens is 1. The number of amides is 1. The van der Waals surface area contributed by atoms with Gasteiger partial charge >= 0.3 is 6.09 Å². The van der Waals surface area contributed by atoms with Crippen LogP contribution in [0, 0.1) is 5.92 Å². The van der Waals surface area contributed by atoms with Gasteiger partial charge in [-0.25, -0.2) is 4.79 Å². The molecule has 0 bridgehead atoms. The molecule has 25 heavy (non-hydrogen) atoms. The molecule has 0 spiro atoms. The molecule has 0 saturated heterocycles. The minimum atomic E-state index is -0.543. The van der Waals surface area contributed by atoms with Crippen LogP contribution < -0.4 is 11.1 Å². The number of nitrogens with zero attached hydrogens (tertiary/aromatic N) is 1. The Morgan fingerprint density at radius 2 is 2.20 bits per heavy atom. The average molecular weight is 382 g/mol. The summed E-state index contributed by atoms with van der Waals surface area (Å²) in [6, 6.07) is 5.64. The summed E-state index contributed by atoms with van der Waals surface area (Å²) in [5, 5.41) is 4.02. The fourth-order valence-corrected chi connectivity index (χ4v) is 5.01. The van der Waals surface area contributed by atoms with E-state index in [4.69, 9.17) is 27.1 Å². The van der Waals surface area contributed by atoms with Crippen LogP contribution in [0.15, 0.2) is 23.2 Å². The van der Waals surface area contributed by atoms with E-state index in [9.17, 15) is 4.79 Å². The molecule has 2 aliphatic rings. The standard InChI is InChI=1S/C18H24ClN3O2S/c1-17(2,3)24-16(23)21-15-22-18(6-4-5-11(18)10-25-15)12-7-13(19)9-14(20)8-12/h7-9,11H,4-6,10,20H2,1-3H3,(H,21,22,23). The summed E-state index contributed by atoms with van der Waals surface area (Å²) in [5.41, 5.74) is 6.76. The lowest BCUT2D eigenvalue weighted by atomic mass is 9.81. The zero-order valence-corrected chi connectivity index (χ0v) is 16.3. The fraction of sp³-hybridized carbons (Fsp3) is 0.556. The monoisotopic (exact) mass is 381 g/mol. The molecule has 0 aromatic heterocycles. The quantitative estimate of drug-likeness (QED) is 0.700. The van der Waals surface area contributed by atoms with Crippen molar-refractivity contribution in [3.05, 3.63) is 28.8 Å². The Balaban J connectivity index is 1.91. The highest BCUT2D eigenvalue weighted by molar-refractivity contribution is 8.13. The zero-order valence-electron chi connectivity index (χ0n) is 14.8. The molecule has 2 atom stereocenters. The predicted molar refractivity (Wildman–Crippen MR) is 104 cm³/mol. The molecule has 1 aromatic rings. The molecule has 7 heteroatoms. The fourth-order valence-electron chi connectivity index (χ4n) is 3.58. The molecule has 136 valence electrons. The van der Waals surface area contributed by atoms with Crippen LogP contribution in [0.1, 0.15) is 45.6 Å². The largest absolute Gasteiger partial charge is 0.444 e. The maximum atomic E-state index is 12.1. The third-order valence-corrected chi connectivity index (χ3v) is 5.79. The van der Waals surface area contributed by atoms with E-state index in [1.54, 1.807) is 17.8 Å². The van der Waals surface area contributed by atoms with Gasteiger partial charge in [0.05, 0.1) is 5.54 Å². The lowest BCUT2D eigenvalue weighted by Crippen LogP contribution is -2.41. The molecule has 1 saturated carbocycles. The van der Waals surface area contributed by atoms with Gasteiger partial charge in [-0.15, -0.1) is 0 Å². The number of hydrogen-bond acceptors (Lipinski definition) is 5. The van der Waals surface area contributed by atoms with E-state index >= 15 is 0 Å². The van der Waals surface area contributed by atoms with Gasteiger partial charge in [0.1, 0.15) is 5.60 Å². The number of anilines is 1. The Morgan fingerprint density at radius 1 is 1.44 bits per heavy atom. The maximum absolute atomic E-state index is 12.1. The van der Waals surface area contributed by atoms with E-state index in [2.05, 4.69) is 5.32 Å². The van der Waals surface area contributed by atoms with Gasteiger partial charge in [-0.05, 0) is 63.3 Å². The van der Waals surface area contributed by atoms with Crippen molar-refractivity contribution in [3.8, 4) is 0 Å². The van der Waals surface area contributed by atoms with E-state index in [0.717, 1.165) is 30.6 Å². The number of nitrogens with one attached hydrogen (secondary N) is 1. The first-order chi connectivity index (χ1) is 11.7. The predicted octanol–water partition coefficient (Wildman–Crippen LogP) is 4.55. The number of fused-ring (bicyclic) bond motifs is 1. The summed E-state index contributed by atoms with van der Waals surface area (Å²) >= 11 is 7.80. The maximum Gasteiger partial charge on any atom is 0.413 e. The summed E-state index contributed by atoms with van der Waals surface area (Å²) in [6.07, 6.45) is 2.66. The molecule has 1 aromatic carbocycles. The van der Waals surface area contributed by atoms with Crippen molar-refractivity contribution >= 4 is 40.3 Å². The molecule has 3 rings (SSSR count). The third kappa shape index (κ3) is 4.06. The first kappa shape index (κ1) is 18.4. The van der Waals surface area contributed by atoms with Gasteiger partial charge in [0, 0.05) is 16.5 Å². The lowest BCUT2D eigenvalue weighted by molar-refractivity contribution is 0.0564. The SMILES string of the molecule is CC(C)(C)OC(=O)NC1=NC2(c3cc(N)cc(Cl)c3)CCCC2CS1. The number of hydrogen-bond donors (Lipinski definition) is 2. The van der Waals surface area contributed by atoms with Crippen molar-refractivity contribution < 1.29 is 9.53 Å². The third-order valence-electron chi connectivity index (χ3n) is 4.54. The lowest BCUT2D eigenvalue weighted by Gasteiger charge is -2.37. The normalized spacial score (nSPS) is 25.9. The van der Waals surface area contributed by atoms with Crippen LogP contribution in [-0.4, -0.2) is 22.6 Å². The number of aliphatic imine (C=N–C) groups is 1. The van der Waals surface area contributed by atoms with Crippen LogP contribution in [0.3, 0.4) is 0 Å². The van der Waals surface area contributed by atoms with E-state index in [0.29, 0.717) is 21.8 Å². The van der Waals surface area contributed by atoms with Gasteiger partial charge in [-0.1, -0.05) is 29.8 Å². The van der Waals surface area contributed by atoms with Crippen LogP contribution in [0.5, 0.6) is 0 Å². The number of rotatable bonds is 1. The van der Waals surface area contributed by atoms with Gasteiger partial charge < -0.3 is 10.5 Å². The van der Waals surface area contributed by atoms with Crippen molar-refractivity contribution in [1.29, 1.82) is 0 Å². The molecule has 1 fully saturated rings. The Hall–Kier alpha value is -1.40. The number of alkyl carbamates (subject to hydrolysis) is 1. The number of carbonyl (C=O) groups excluding carboxylic acids is 1. The molecular weight excluding hydrogens is 358 g/mol. The highest BCUT2D eigenvalue weighted by atomic mass is 35.5. The van der Waals surface area contributed by atoms with Crippen LogP contribution in [-0.2, 0) is 10.3 Å². The Kier molecular flexibility index (Phi) is 4.95. The summed E-state index contributed by atoms with van der Waals surface area (Å²) < 4.78 is 5.34. The number of benzene rings is 1. The number of ether oxygens (including phenoxy) is 1. The van der Waals surface area contributed by atoms with E-state index in [-0.39, 0.29) is 5.54 Å². The number of nitrogen functional groups attached to an aromatic ring is 1. The molecular formula is C18H24ClN3O2S. The average Bonchev–Trinajstić information content (AvgIpc) is 2.88.